The van der Waals surface area contributed by atoms with E-state index < -0.39 is 0 Å². The lowest BCUT2D eigenvalue weighted by Gasteiger charge is -2.23. The molecular weight excluding hydrogens is 238 g/mol. The summed E-state index contributed by atoms with van der Waals surface area (Å²) < 4.78 is 5.29. The summed E-state index contributed by atoms with van der Waals surface area (Å²) >= 11 is 0. The first-order chi connectivity index (χ1) is 9.08. The van der Waals surface area contributed by atoms with E-state index in [4.69, 9.17) is 4.74 Å². The molecule has 0 saturated carbocycles. The second-order valence-corrected chi connectivity index (χ2v) is 5.32. The fraction of sp³-hybridized carbons (Fsp3) is 0.625. The number of aliphatic hydroxyl groups is 1. The number of rotatable bonds is 8. The zero-order valence-corrected chi connectivity index (χ0v) is 12.5. The Labute approximate surface area is 117 Å². The van der Waals surface area contributed by atoms with Crippen LogP contribution in [0.1, 0.15) is 25.0 Å². The monoisotopic (exact) mass is 265 g/mol. The predicted molar refractivity (Wildman–Crippen MR) is 79.4 cm³/mol. The highest BCUT2D eigenvalue weighted by Crippen LogP contribution is 2.13. The van der Waals surface area contributed by atoms with Crippen molar-refractivity contribution in [2.24, 2.45) is 5.92 Å². The highest BCUT2D eigenvalue weighted by Gasteiger charge is 2.14. The molecule has 0 fully saturated rings. The quantitative estimate of drug-likeness (QED) is 0.757. The number of nitrogens with one attached hydrogen (secondary N) is 1. The first-order valence-corrected chi connectivity index (χ1v) is 7.00. The van der Waals surface area contributed by atoms with Crippen molar-refractivity contribution >= 4 is 0 Å². The van der Waals surface area contributed by atoms with Crippen molar-refractivity contribution in [3.05, 3.63) is 35.4 Å². The van der Waals surface area contributed by atoms with E-state index in [1.54, 1.807) is 7.11 Å². The Morgan fingerprint density at radius 2 is 1.95 bits per heavy atom. The summed E-state index contributed by atoms with van der Waals surface area (Å²) in [6.45, 7) is 7.28. The molecule has 3 nitrogen and oxygen atoms in total. The maximum atomic E-state index is 9.52. The SMILES string of the molecule is COC(C)C(C)NCC(CO)Cc1ccccc1C. The van der Waals surface area contributed by atoms with E-state index in [1.807, 2.05) is 13.0 Å². The van der Waals surface area contributed by atoms with Crippen LogP contribution in [0.25, 0.3) is 0 Å². The van der Waals surface area contributed by atoms with Gasteiger partial charge in [0.05, 0.1) is 6.10 Å². The van der Waals surface area contributed by atoms with Gasteiger partial charge in [0.1, 0.15) is 0 Å². The van der Waals surface area contributed by atoms with Gasteiger partial charge in [-0.3, -0.25) is 0 Å². The molecule has 0 aliphatic rings. The Bertz CT molecular complexity index is 368. The molecule has 0 amide bonds. The molecule has 0 aromatic heterocycles. The molecule has 0 bridgehead atoms. The maximum absolute atomic E-state index is 9.52. The second kappa shape index (κ2) is 8.31. The normalized spacial score (nSPS) is 16.1. The van der Waals surface area contributed by atoms with Gasteiger partial charge in [0.15, 0.2) is 0 Å². The van der Waals surface area contributed by atoms with Gasteiger partial charge in [-0.25, -0.2) is 0 Å². The third-order valence-corrected chi connectivity index (χ3v) is 3.83. The van der Waals surface area contributed by atoms with Crippen LogP contribution >= 0.6 is 0 Å². The van der Waals surface area contributed by atoms with Crippen LogP contribution in [-0.2, 0) is 11.2 Å². The fourth-order valence-electron chi connectivity index (χ4n) is 2.07. The average Bonchev–Trinajstić information content (AvgIpc) is 2.44. The third kappa shape index (κ3) is 5.31. The van der Waals surface area contributed by atoms with E-state index in [2.05, 4.69) is 37.4 Å². The molecule has 3 heteroatoms. The summed E-state index contributed by atoms with van der Waals surface area (Å²) in [6, 6.07) is 8.65. The molecule has 19 heavy (non-hydrogen) atoms. The van der Waals surface area contributed by atoms with Gasteiger partial charge in [-0.15, -0.1) is 0 Å². The minimum absolute atomic E-state index is 0.179. The molecule has 0 aliphatic carbocycles. The van der Waals surface area contributed by atoms with E-state index >= 15 is 0 Å². The minimum atomic E-state index is 0.179. The van der Waals surface area contributed by atoms with Gasteiger partial charge in [-0.1, -0.05) is 24.3 Å². The van der Waals surface area contributed by atoms with Crippen LogP contribution in [0.3, 0.4) is 0 Å². The Morgan fingerprint density at radius 3 is 2.53 bits per heavy atom. The van der Waals surface area contributed by atoms with Crippen molar-refractivity contribution in [1.29, 1.82) is 0 Å². The first-order valence-electron chi connectivity index (χ1n) is 7.00. The van der Waals surface area contributed by atoms with Gasteiger partial charge in [0.25, 0.3) is 0 Å². The van der Waals surface area contributed by atoms with Crippen molar-refractivity contribution in [1.82, 2.24) is 5.32 Å². The summed E-state index contributed by atoms with van der Waals surface area (Å²) in [4.78, 5) is 0. The maximum Gasteiger partial charge on any atom is 0.0693 e. The van der Waals surface area contributed by atoms with Gasteiger partial charge in [-0.2, -0.15) is 0 Å². The molecule has 0 aliphatic heterocycles. The lowest BCUT2D eigenvalue weighted by molar-refractivity contribution is 0.0853. The fourth-order valence-corrected chi connectivity index (χ4v) is 2.07. The van der Waals surface area contributed by atoms with E-state index in [0.29, 0.717) is 0 Å². The number of hydrogen-bond donors (Lipinski definition) is 2. The van der Waals surface area contributed by atoms with E-state index in [1.165, 1.54) is 11.1 Å². The van der Waals surface area contributed by atoms with Gasteiger partial charge < -0.3 is 15.2 Å². The molecule has 3 atom stereocenters. The van der Waals surface area contributed by atoms with E-state index in [9.17, 15) is 5.11 Å². The molecule has 1 rings (SSSR count). The van der Waals surface area contributed by atoms with Gasteiger partial charge >= 0.3 is 0 Å². The lowest BCUT2D eigenvalue weighted by atomic mass is 9.96. The van der Waals surface area contributed by atoms with Crippen LogP contribution in [0.4, 0.5) is 0 Å². The van der Waals surface area contributed by atoms with Crippen LogP contribution in [0, 0.1) is 12.8 Å². The highest BCUT2D eigenvalue weighted by atomic mass is 16.5. The molecular formula is C16H27NO2. The van der Waals surface area contributed by atoms with E-state index in [0.717, 1.165) is 13.0 Å². The number of benzene rings is 1. The molecule has 1 aromatic carbocycles. The minimum Gasteiger partial charge on any atom is -0.396 e. The molecule has 0 spiro atoms. The summed E-state index contributed by atoms with van der Waals surface area (Å²) in [5, 5.41) is 13.0. The summed E-state index contributed by atoms with van der Waals surface area (Å²) in [5.41, 5.74) is 2.61. The van der Waals surface area contributed by atoms with Crippen LogP contribution in [0.2, 0.25) is 0 Å². The summed E-state index contributed by atoms with van der Waals surface area (Å²) in [6.07, 6.45) is 1.09. The standard InChI is InChI=1S/C16H27NO2/c1-12-7-5-6-8-16(12)9-15(11-18)10-17-13(2)14(3)19-4/h5-8,13-15,17-18H,9-11H2,1-4H3. The number of aryl methyl sites for hydroxylation is 1. The molecule has 2 N–H and O–H groups in total. The Hall–Kier alpha value is -0.900. The van der Waals surface area contributed by atoms with Gasteiger partial charge in [-0.05, 0) is 44.2 Å². The summed E-state index contributed by atoms with van der Waals surface area (Å²) in [7, 11) is 1.72. The topological polar surface area (TPSA) is 41.5 Å². The van der Waals surface area contributed by atoms with Gasteiger partial charge in [0, 0.05) is 26.3 Å². The second-order valence-electron chi connectivity index (χ2n) is 5.32. The first kappa shape index (κ1) is 16.2. The Morgan fingerprint density at radius 1 is 1.26 bits per heavy atom. The number of hydrogen-bond acceptors (Lipinski definition) is 3. The number of ether oxygens (including phenoxy) is 1. The van der Waals surface area contributed by atoms with E-state index in [-0.39, 0.29) is 24.7 Å². The zero-order valence-electron chi connectivity index (χ0n) is 12.5. The largest absolute Gasteiger partial charge is 0.396 e. The van der Waals surface area contributed by atoms with Crippen LogP contribution in [0.5, 0.6) is 0 Å². The van der Waals surface area contributed by atoms with Crippen molar-refractivity contribution in [2.45, 2.75) is 39.3 Å². The molecule has 3 unspecified atom stereocenters. The molecule has 108 valence electrons. The van der Waals surface area contributed by atoms with Crippen molar-refractivity contribution < 1.29 is 9.84 Å². The van der Waals surface area contributed by atoms with Crippen LogP contribution in [-0.4, -0.2) is 37.5 Å². The van der Waals surface area contributed by atoms with Gasteiger partial charge in [0.2, 0.25) is 0 Å². The molecule has 1 aromatic rings. The van der Waals surface area contributed by atoms with Crippen molar-refractivity contribution in [2.75, 3.05) is 20.3 Å². The highest BCUT2D eigenvalue weighted by molar-refractivity contribution is 5.25. The van der Waals surface area contributed by atoms with Crippen molar-refractivity contribution in [3.63, 3.8) is 0 Å². The Kier molecular flexibility index (Phi) is 7.06. The molecule has 0 heterocycles. The molecule has 0 saturated heterocycles. The Balaban J connectivity index is 2.48. The smallest absolute Gasteiger partial charge is 0.0693 e. The third-order valence-electron chi connectivity index (χ3n) is 3.83. The zero-order chi connectivity index (χ0) is 14.3. The van der Waals surface area contributed by atoms with Crippen molar-refractivity contribution in [3.8, 4) is 0 Å². The average molecular weight is 265 g/mol. The predicted octanol–water partition coefficient (Wildman–Crippen LogP) is 2.16. The van der Waals surface area contributed by atoms with Crippen LogP contribution in [0.15, 0.2) is 24.3 Å². The van der Waals surface area contributed by atoms with Crippen LogP contribution < -0.4 is 5.32 Å². The number of methoxy groups -OCH3 is 1. The number of aliphatic hydroxyl groups excluding tert-OH is 1. The lowest BCUT2D eigenvalue weighted by Crippen LogP contribution is -2.40. The summed E-state index contributed by atoms with van der Waals surface area (Å²) in [5.74, 6) is 0.243. The molecule has 0 radical (unpaired) electrons.